The number of carbonyl (C=O) groups excluding carboxylic acids is 2. The molecule has 9 nitrogen and oxygen atoms in total. The van der Waals surface area contributed by atoms with Gasteiger partial charge in [-0.1, -0.05) is 54.6 Å². The molecule has 3 aromatic carbocycles. The Balaban J connectivity index is 1.39. The Labute approximate surface area is 236 Å². The molecule has 1 aliphatic heterocycles. The molecule has 0 saturated heterocycles. The van der Waals surface area contributed by atoms with E-state index in [0.717, 1.165) is 10.9 Å². The van der Waals surface area contributed by atoms with Crippen LogP contribution in [-0.4, -0.2) is 35.6 Å². The van der Waals surface area contributed by atoms with E-state index in [2.05, 4.69) is 9.71 Å². The van der Waals surface area contributed by atoms with Crippen molar-refractivity contribution in [1.29, 1.82) is 0 Å². The number of amidine groups is 1. The standard InChI is InChI=1S/C31H23N5O4S/c1-21(37)35-20-23(26-11-5-6-12-28(26)35)19-27-31(38)36(30(33-27)22-9-3-2-4-10-22)24-14-16-25(17-15-24)41(39,40)34-29-13-7-8-18-32-29/h2-20H,1H3,(H,32,34)/b27-19-. The molecule has 202 valence electrons. The molecule has 0 aliphatic carbocycles. The molecule has 10 heteroatoms. The Morgan fingerprint density at radius 3 is 2.29 bits per heavy atom. The van der Waals surface area contributed by atoms with Gasteiger partial charge in [-0.15, -0.1) is 0 Å². The highest BCUT2D eigenvalue weighted by atomic mass is 32.2. The number of aromatic nitrogens is 2. The largest absolute Gasteiger partial charge is 0.287 e. The molecule has 41 heavy (non-hydrogen) atoms. The van der Waals surface area contributed by atoms with Crippen LogP contribution in [0.5, 0.6) is 0 Å². The highest BCUT2D eigenvalue weighted by molar-refractivity contribution is 7.92. The maximum absolute atomic E-state index is 13.8. The predicted octanol–water partition coefficient (Wildman–Crippen LogP) is 5.33. The van der Waals surface area contributed by atoms with E-state index in [4.69, 9.17) is 4.99 Å². The van der Waals surface area contributed by atoms with Crippen LogP contribution in [0.2, 0.25) is 0 Å². The minimum atomic E-state index is -3.90. The van der Waals surface area contributed by atoms with Gasteiger partial charge in [-0.05, 0) is 48.5 Å². The Kier molecular flexibility index (Phi) is 6.52. The zero-order valence-electron chi connectivity index (χ0n) is 21.8. The molecule has 6 rings (SSSR count). The second kappa shape index (κ2) is 10.3. The number of benzene rings is 3. The quantitative estimate of drug-likeness (QED) is 0.282. The van der Waals surface area contributed by atoms with Crippen molar-refractivity contribution in [3.63, 3.8) is 0 Å². The number of anilines is 2. The first kappa shape index (κ1) is 25.9. The lowest BCUT2D eigenvalue weighted by Gasteiger charge is -2.19. The summed E-state index contributed by atoms with van der Waals surface area (Å²) in [4.78, 5) is 36.2. The van der Waals surface area contributed by atoms with Gasteiger partial charge in [0, 0.05) is 35.8 Å². The van der Waals surface area contributed by atoms with Crippen LogP contribution in [0.1, 0.15) is 22.8 Å². The zero-order chi connectivity index (χ0) is 28.6. The van der Waals surface area contributed by atoms with Crippen LogP contribution in [-0.2, 0) is 14.8 Å². The first-order chi connectivity index (χ1) is 19.8. The summed E-state index contributed by atoms with van der Waals surface area (Å²) in [7, 11) is -3.90. The molecule has 0 saturated carbocycles. The average Bonchev–Trinajstić information content (AvgIpc) is 3.52. The van der Waals surface area contributed by atoms with Gasteiger partial charge >= 0.3 is 0 Å². The van der Waals surface area contributed by atoms with E-state index >= 15 is 0 Å². The second-order valence-corrected chi connectivity index (χ2v) is 11.0. The summed E-state index contributed by atoms with van der Waals surface area (Å²) in [6.45, 7) is 1.48. The summed E-state index contributed by atoms with van der Waals surface area (Å²) in [5, 5.41) is 0.813. The third-order valence-corrected chi connectivity index (χ3v) is 7.95. The van der Waals surface area contributed by atoms with Crippen LogP contribution in [0.25, 0.3) is 17.0 Å². The number of carbonyl (C=O) groups is 2. The van der Waals surface area contributed by atoms with E-state index in [1.54, 1.807) is 47.2 Å². The number of nitrogens with zero attached hydrogens (tertiary/aromatic N) is 4. The lowest BCUT2D eigenvalue weighted by molar-refractivity contribution is -0.113. The molecule has 0 unspecified atom stereocenters. The summed E-state index contributed by atoms with van der Waals surface area (Å²) in [5.74, 6) is 0.0714. The third-order valence-electron chi connectivity index (χ3n) is 6.58. The second-order valence-electron chi connectivity index (χ2n) is 9.28. The van der Waals surface area contributed by atoms with E-state index in [9.17, 15) is 18.0 Å². The number of hydrogen-bond acceptors (Lipinski definition) is 6. The fourth-order valence-corrected chi connectivity index (χ4v) is 5.67. The Bertz CT molecular complexity index is 1960. The number of aliphatic imine (C=N–C) groups is 1. The monoisotopic (exact) mass is 561 g/mol. The molecule has 3 heterocycles. The fourth-order valence-electron chi connectivity index (χ4n) is 4.66. The van der Waals surface area contributed by atoms with Crippen molar-refractivity contribution in [2.45, 2.75) is 11.8 Å². The van der Waals surface area contributed by atoms with Crippen molar-refractivity contribution < 1.29 is 18.0 Å². The van der Waals surface area contributed by atoms with Crippen LogP contribution in [0, 0.1) is 0 Å². The molecule has 0 bridgehead atoms. The predicted molar refractivity (Wildman–Crippen MR) is 158 cm³/mol. The van der Waals surface area contributed by atoms with Gasteiger partial charge in [0.2, 0.25) is 5.91 Å². The number of pyridine rings is 1. The summed E-state index contributed by atoms with van der Waals surface area (Å²) in [6, 6.07) is 27.6. The molecule has 5 aromatic rings. The normalized spacial score (nSPS) is 14.5. The molecule has 1 N–H and O–H groups in total. The summed E-state index contributed by atoms with van der Waals surface area (Å²) < 4.78 is 29.8. The summed E-state index contributed by atoms with van der Waals surface area (Å²) in [5.41, 5.74) is 2.76. The van der Waals surface area contributed by atoms with E-state index in [-0.39, 0.29) is 28.2 Å². The van der Waals surface area contributed by atoms with Gasteiger partial charge < -0.3 is 0 Å². The number of hydrogen-bond donors (Lipinski definition) is 1. The molecule has 0 fully saturated rings. The van der Waals surface area contributed by atoms with Gasteiger partial charge in [-0.3, -0.25) is 23.8 Å². The summed E-state index contributed by atoms with van der Waals surface area (Å²) in [6.07, 6.45) is 4.86. The van der Waals surface area contributed by atoms with Crippen molar-refractivity contribution in [3.05, 3.63) is 126 Å². The van der Waals surface area contributed by atoms with Crippen molar-refractivity contribution in [1.82, 2.24) is 9.55 Å². The van der Waals surface area contributed by atoms with Gasteiger partial charge in [0.25, 0.3) is 15.9 Å². The van der Waals surface area contributed by atoms with Crippen molar-refractivity contribution in [2.24, 2.45) is 4.99 Å². The van der Waals surface area contributed by atoms with Gasteiger partial charge in [0.15, 0.2) is 0 Å². The zero-order valence-corrected chi connectivity index (χ0v) is 22.6. The lowest BCUT2D eigenvalue weighted by Crippen LogP contribution is -2.32. The topological polar surface area (TPSA) is 114 Å². The third kappa shape index (κ3) is 4.92. The molecule has 0 radical (unpaired) electrons. The number of para-hydroxylation sites is 1. The van der Waals surface area contributed by atoms with Gasteiger partial charge in [0.1, 0.15) is 17.4 Å². The van der Waals surface area contributed by atoms with Crippen molar-refractivity contribution in [3.8, 4) is 0 Å². The van der Waals surface area contributed by atoms with Gasteiger partial charge in [-0.25, -0.2) is 18.4 Å². The molecule has 2 aromatic heterocycles. The Morgan fingerprint density at radius 2 is 1.59 bits per heavy atom. The van der Waals surface area contributed by atoms with Crippen LogP contribution in [0.3, 0.4) is 0 Å². The average molecular weight is 562 g/mol. The first-order valence-corrected chi connectivity index (χ1v) is 14.2. The highest BCUT2D eigenvalue weighted by Crippen LogP contribution is 2.31. The molecular weight excluding hydrogens is 538 g/mol. The number of rotatable bonds is 6. The van der Waals surface area contributed by atoms with Crippen LogP contribution in [0.4, 0.5) is 11.5 Å². The van der Waals surface area contributed by atoms with Crippen LogP contribution < -0.4 is 9.62 Å². The fraction of sp³-hybridized carbons (Fsp3) is 0.0323. The highest BCUT2D eigenvalue weighted by Gasteiger charge is 2.33. The minimum Gasteiger partial charge on any atom is -0.287 e. The van der Waals surface area contributed by atoms with Gasteiger partial charge in [0.05, 0.1) is 16.1 Å². The smallest absolute Gasteiger partial charge is 0.282 e. The van der Waals surface area contributed by atoms with Crippen LogP contribution >= 0.6 is 0 Å². The number of amides is 1. The number of sulfonamides is 1. The first-order valence-electron chi connectivity index (χ1n) is 12.7. The molecule has 0 atom stereocenters. The van der Waals surface area contributed by atoms with E-state index in [1.165, 1.54) is 30.2 Å². The molecular formula is C31H23N5O4S. The Hall–Kier alpha value is -5.35. The van der Waals surface area contributed by atoms with E-state index in [1.807, 2.05) is 54.6 Å². The van der Waals surface area contributed by atoms with Crippen molar-refractivity contribution >= 4 is 56.2 Å². The van der Waals surface area contributed by atoms with E-state index in [0.29, 0.717) is 22.6 Å². The molecule has 1 amide bonds. The van der Waals surface area contributed by atoms with Crippen molar-refractivity contribution in [2.75, 3.05) is 9.62 Å². The lowest BCUT2D eigenvalue weighted by atomic mass is 10.1. The van der Waals surface area contributed by atoms with Gasteiger partial charge in [-0.2, -0.15) is 0 Å². The number of fused-ring (bicyclic) bond motifs is 1. The minimum absolute atomic E-state index is 0.0181. The maximum Gasteiger partial charge on any atom is 0.282 e. The number of nitrogens with one attached hydrogen (secondary N) is 1. The molecule has 1 aliphatic rings. The Morgan fingerprint density at radius 1 is 0.878 bits per heavy atom. The van der Waals surface area contributed by atoms with E-state index < -0.39 is 10.0 Å². The maximum atomic E-state index is 13.8. The van der Waals surface area contributed by atoms with Crippen LogP contribution in [0.15, 0.2) is 125 Å². The molecule has 0 spiro atoms. The SMILES string of the molecule is CC(=O)n1cc(/C=C2\N=C(c3ccccc3)N(c3ccc(S(=O)(=O)Nc4ccccn4)cc3)C2=O)c2ccccc21. The summed E-state index contributed by atoms with van der Waals surface area (Å²) >= 11 is 0.